The van der Waals surface area contributed by atoms with Crippen LogP contribution in [0.25, 0.3) is 0 Å². The Morgan fingerprint density at radius 1 is 0.784 bits per heavy atom. The number of nitrogens with zero attached hydrogens (tertiary/aromatic N) is 4. The van der Waals surface area contributed by atoms with Crippen molar-refractivity contribution in [2.75, 3.05) is 42.5 Å². The van der Waals surface area contributed by atoms with E-state index in [1.165, 1.54) is 24.0 Å². The summed E-state index contributed by atoms with van der Waals surface area (Å²) in [6.45, 7) is 16.9. The molecule has 8 heteroatoms. The van der Waals surface area contributed by atoms with Crippen LogP contribution in [0, 0.1) is 27.7 Å². The Balaban J connectivity index is 1.67. The van der Waals surface area contributed by atoms with Gasteiger partial charge in [0.1, 0.15) is 0 Å². The molecule has 3 aromatic rings. The molecule has 0 spiro atoms. The molecule has 4 N–H and O–H groups in total. The SMILES string of the molecule is CCCN(CCC)CCCNc1nc(Cl)nc(Nc2c(C)cc(Cc3cc(C)c(N)c(C)c3)cc2C)n1. The first-order chi connectivity index (χ1) is 17.7. The zero-order valence-corrected chi connectivity index (χ0v) is 24.0. The van der Waals surface area contributed by atoms with Gasteiger partial charge in [0.25, 0.3) is 0 Å². The van der Waals surface area contributed by atoms with E-state index in [4.69, 9.17) is 17.3 Å². The first-order valence-corrected chi connectivity index (χ1v) is 13.7. The number of hydrogen-bond acceptors (Lipinski definition) is 7. The Morgan fingerprint density at radius 3 is 1.89 bits per heavy atom. The van der Waals surface area contributed by atoms with Crippen LogP contribution in [0.1, 0.15) is 66.5 Å². The quantitative estimate of drug-likeness (QED) is 0.172. The van der Waals surface area contributed by atoms with Gasteiger partial charge < -0.3 is 21.3 Å². The van der Waals surface area contributed by atoms with Crippen molar-refractivity contribution in [3.63, 3.8) is 0 Å². The van der Waals surface area contributed by atoms with Crippen molar-refractivity contribution in [1.29, 1.82) is 0 Å². The van der Waals surface area contributed by atoms with E-state index in [9.17, 15) is 0 Å². The van der Waals surface area contributed by atoms with Gasteiger partial charge in [-0.15, -0.1) is 0 Å². The van der Waals surface area contributed by atoms with Gasteiger partial charge in [-0.2, -0.15) is 15.0 Å². The second-order valence-electron chi connectivity index (χ2n) is 9.92. The standard InChI is InChI=1S/C29H42ClN7/c1-7-11-37(12-8-2)13-9-10-32-28-34-27(30)35-29(36-28)33-26-21(5)16-24(17-22(26)6)18-23-14-19(3)25(31)20(4)15-23/h14-17H,7-13,18,31H2,1-6H3,(H2,32,33,34,35,36). The first-order valence-electron chi connectivity index (χ1n) is 13.3. The van der Waals surface area contributed by atoms with Crippen molar-refractivity contribution in [1.82, 2.24) is 19.9 Å². The number of aromatic nitrogens is 3. The smallest absolute Gasteiger partial charge is 0.233 e. The largest absolute Gasteiger partial charge is 0.398 e. The molecular weight excluding hydrogens is 482 g/mol. The average Bonchev–Trinajstić information content (AvgIpc) is 2.82. The molecule has 0 aliphatic carbocycles. The predicted molar refractivity (Wildman–Crippen MR) is 157 cm³/mol. The third-order valence-corrected chi connectivity index (χ3v) is 6.68. The molecule has 0 saturated carbocycles. The zero-order chi connectivity index (χ0) is 26.9. The summed E-state index contributed by atoms with van der Waals surface area (Å²) in [5.41, 5.74) is 15.0. The third kappa shape index (κ3) is 8.30. The van der Waals surface area contributed by atoms with Crippen LogP contribution >= 0.6 is 11.6 Å². The van der Waals surface area contributed by atoms with Gasteiger partial charge in [0.05, 0.1) is 0 Å². The monoisotopic (exact) mass is 523 g/mol. The van der Waals surface area contributed by atoms with Gasteiger partial charge in [-0.3, -0.25) is 0 Å². The van der Waals surface area contributed by atoms with Gasteiger partial charge in [-0.05, 0) is 118 Å². The van der Waals surface area contributed by atoms with E-state index in [0.29, 0.717) is 11.9 Å². The fourth-order valence-electron chi connectivity index (χ4n) is 4.82. The summed E-state index contributed by atoms with van der Waals surface area (Å²) in [6.07, 6.45) is 4.21. The number of rotatable bonds is 13. The highest BCUT2D eigenvalue weighted by molar-refractivity contribution is 6.28. The maximum absolute atomic E-state index is 6.23. The normalized spacial score (nSPS) is 11.2. The molecule has 0 atom stereocenters. The Labute approximate surface area is 227 Å². The number of nitrogen functional groups attached to an aromatic ring is 1. The molecule has 37 heavy (non-hydrogen) atoms. The van der Waals surface area contributed by atoms with Crippen LogP contribution < -0.4 is 16.4 Å². The summed E-state index contributed by atoms with van der Waals surface area (Å²) < 4.78 is 0. The van der Waals surface area contributed by atoms with Crippen molar-refractivity contribution in [2.24, 2.45) is 0 Å². The summed E-state index contributed by atoms with van der Waals surface area (Å²) >= 11 is 6.23. The minimum Gasteiger partial charge on any atom is -0.398 e. The number of anilines is 4. The van der Waals surface area contributed by atoms with Gasteiger partial charge >= 0.3 is 0 Å². The Morgan fingerprint density at radius 2 is 1.32 bits per heavy atom. The Bertz CT molecular complexity index is 1140. The van der Waals surface area contributed by atoms with Crippen LogP contribution in [0.15, 0.2) is 24.3 Å². The van der Waals surface area contributed by atoms with Gasteiger partial charge in [0, 0.05) is 17.9 Å². The van der Waals surface area contributed by atoms with Crippen molar-refractivity contribution in [3.05, 3.63) is 62.9 Å². The molecule has 200 valence electrons. The van der Waals surface area contributed by atoms with E-state index < -0.39 is 0 Å². The second-order valence-corrected chi connectivity index (χ2v) is 10.3. The minimum absolute atomic E-state index is 0.166. The van der Waals surface area contributed by atoms with Crippen LogP contribution in [-0.2, 0) is 6.42 Å². The van der Waals surface area contributed by atoms with Crippen molar-refractivity contribution < 1.29 is 0 Å². The molecule has 1 heterocycles. The summed E-state index contributed by atoms with van der Waals surface area (Å²) in [6, 6.07) is 8.75. The molecule has 0 aliphatic heterocycles. The number of benzene rings is 2. The average molecular weight is 524 g/mol. The van der Waals surface area contributed by atoms with Crippen molar-refractivity contribution in [3.8, 4) is 0 Å². The molecule has 0 fully saturated rings. The van der Waals surface area contributed by atoms with Crippen molar-refractivity contribution >= 4 is 34.9 Å². The molecule has 1 aromatic heterocycles. The molecule has 0 saturated heterocycles. The van der Waals surface area contributed by atoms with E-state index in [1.54, 1.807) is 0 Å². The van der Waals surface area contributed by atoms with Crippen LogP contribution in [0.3, 0.4) is 0 Å². The van der Waals surface area contributed by atoms with E-state index >= 15 is 0 Å². The topological polar surface area (TPSA) is 92.0 Å². The number of halogens is 1. The fourth-order valence-corrected chi connectivity index (χ4v) is 4.98. The highest BCUT2D eigenvalue weighted by atomic mass is 35.5. The van der Waals surface area contributed by atoms with E-state index in [1.807, 2.05) is 0 Å². The van der Waals surface area contributed by atoms with E-state index in [2.05, 4.69) is 96.3 Å². The molecule has 2 aromatic carbocycles. The summed E-state index contributed by atoms with van der Waals surface area (Å²) in [5.74, 6) is 0.922. The number of aryl methyl sites for hydroxylation is 4. The Kier molecular flexibility index (Phi) is 10.5. The molecule has 0 aliphatic rings. The van der Waals surface area contributed by atoms with Crippen LogP contribution in [0.4, 0.5) is 23.3 Å². The molecular formula is C29H42ClN7. The number of nitrogens with two attached hydrogens (primary N) is 1. The zero-order valence-electron chi connectivity index (χ0n) is 23.2. The van der Waals surface area contributed by atoms with Crippen LogP contribution in [0.2, 0.25) is 5.28 Å². The lowest BCUT2D eigenvalue weighted by Crippen LogP contribution is -2.28. The minimum atomic E-state index is 0.166. The molecule has 0 bridgehead atoms. The second kappa shape index (κ2) is 13.6. The Hall–Kier alpha value is -2.90. The first kappa shape index (κ1) is 28.7. The molecule has 0 amide bonds. The highest BCUT2D eigenvalue weighted by Crippen LogP contribution is 2.28. The highest BCUT2D eigenvalue weighted by Gasteiger charge is 2.12. The maximum Gasteiger partial charge on any atom is 0.233 e. The molecule has 7 nitrogen and oxygen atoms in total. The fraction of sp³-hybridized carbons (Fsp3) is 0.483. The van der Waals surface area contributed by atoms with Crippen LogP contribution in [0.5, 0.6) is 0 Å². The number of hydrogen-bond donors (Lipinski definition) is 3. The van der Waals surface area contributed by atoms with Gasteiger partial charge in [0.15, 0.2) is 0 Å². The van der Waals surface area contributed by atoms with Gasteiger partial charge in [0.2, 0.25) is 17.2 Å². The lowest BCUT2D eigenvalue weighted by molar-refractivity contribution is 0.274. The third-order valence-electron chi connectivity index (χ3n) is 6.51. The maximum atomic E-state index is 6.23. The van der Waals surface area contributed by atoms with Crippen molar-refractivity contribution in [2.45, 2.75) is 67.2 Å². The van der Waals surface area contributed by atoms with E-state index in [0.717, 1.165) is 72.6 Å². The lowest BCUT2D eigenvalue weighted by Gasteiger charge is -2.20. The summed E-state index contributed by atoms with van der Waals surface area (Å²) in [7, 11) is 0. The summed E-state index contributed by atoms with van der Waals surface area (Å²) in [4.78, 5) is 15.6. The molecule has 0 radical (unpaired) electrons. The molecule has 3 rings (SSSR count). The lowest BCUT2D eigenvalue weighted by atomic mass is 9.96. The molecule has 0 unspecified atom stereocenters. The van der Waals surface area contributed by atoms with Gasteiger partial charge in [-0.1, -0.05) is 38.1 Å². The van der Waals surface area contributed by atoms with Crippen LogP contribution in [-0.4, -0.2) is 46.0 Å². The number of nitrogens with one attached hydrogen (secondary N) is 2. The summed E-state index contributed by atoms with van der Waals surface area (Å²) in [5, 5.41) is 6.84. The predicted octanol–water partition coefficient (Wildman–Crippen LogP) is 6.60. The van der Waals surface area contributed by atoms with Gasteiger partial charge in [-0.25, -0.2) is 0 Å². The van der Waals surface area contributed by atoms with E-state index in [-0.39, 0.29) is 5.28 Å².